The zero-order valence-electron chi connectivity index (χ0n) is 13.1. The second kappa shape index (κ2) is 7.66. The summed E-state index contributed by atoms with van der Waals surface area (Å²) in [6, 6.07) is 0. The predicted octanol–water partition coefficient (Wildman–Crippen LogP) is 1.22. The van der Waals surface area contributed by atoms with Gasteiger partial charge in [-0.05, 0) is 12.3 Å². The van der Waals surface area contributed by atoms with Crippen molar-refractivity contribution in [1.29, 1.82) is 0 Å². The molecule has 0 aliphatic carbocycles. The highest BCUT2D eigenvalue weighted by Gasteiger charge is 2.23. The van der Waals surface area contributed by atoms with E-state index in [1.54, 1.807) is 4.90 Å². The van der Waals surface area contributed by atoms with E-state index in [1.807, 2.05) is 20.8 Å². The Kier molecular flexibility index (Phi) is 6.20. The van der Waals surface area contributed by atoms with Crippen molar-refractivity contribution in [3.8, 4) is 0 Å². The van der Waals surface area contributed by atoms with Crippen LogP contribution in [0.2, 0.25) is 0 Å². The summed E-state index contributed by atoms with van der Waals surface area (Å²) < 4.78 is 4.61. The van der Waals surface area contributed by atoms with Crippen LogP contribution in [0, 0.1) is 5.92 Å². The highest BCUT2D eigenvalue weighted by Crippen LogP contribution is 2.17. The largest absolute Gasteiger partial charge is 0.469 e. The van der Waals surface area contributed by atoms with Gasteiger partial charge in [0.1, 0.15) is 0 Å². The molecule has 0 radical (unpaired) electrons. The molecule has 0 spiro atoms. The van der Waals surface area contributed by atoms with Crippen LogP contribution in [0.15, 0.2) is 0 Å². The lowest BCUT2D eigenvalue weighted by atomic mass is 10.1. The molecule has 21 heavy (non-hydrogen) atoms. The number of methoxy groups -OCH3 is 1. The number of carbonyl (C=O) groups is 2. The number of carbonyl (C=O) groups excluding carboxylic acids is 2. The number of esters is 1. The minimum atomic E-state index is -0.346. The highest BCUT2D eigenvalue weighted by molar-refractivity contribution is 5.97. The second-order valence-corrected chi connectivity index (χ2v) is 5.29. The van der Waals surface area contributed by atoms with Gasteiger partial charge in [-0.2, -0.15) is 5.10 Å². The zero-order valence-corrected chi connectivity index (χ0v) is 13.1. The third kappa shape index (κ3) is 4.47. The topological polar surface area (TPSA) is 101 Å². The third-order valence-electron chi connectivity index (χ3n) is 3.13. The van der Waals surface area contributed by atoms with Crippen molar-refractivity contribution in [2.24, 2.45) is 5.92 Å². The van der Waals surface area contributed by atoms with Gasteiger partial charge >= 0.3 is 5.97 Å². The Bertz CT molecular complexity index is 496. The van der Waals surface area contributed by atoms with Crippen molar-refractivity contribution < 1.29 is 14.3 Å². The smallest absolute Gasteiger partial charge is 0.307 e. The number of nitrogens with one attached hydrogen (secondary N) is 1. The van der Waals surface area contributed by atoms with E-state index in [9.17, 15) is 9.59 Å². The van der Waals surface area contributed by atoms with Gasteiger partial charge in [0, 0.05) is 13.1 Å². The molecule has 0 saturated carbocycles. The molecule has 7 heteroatoms. The van der Waals surface area contributed by atoms with Gasteiger partial charge in [-0.15, -0.1) is 0 Å². The van der Waals surface area contributed by atoms with E-state index in [4.69, 9.17) is 5.73 Å². The number of nitrogens with two attached hydrogens (primary N) is 1. The second-order valence-electron chi connectivity index (χ2n) is 5.29. The molecule has 0 aliphatic rings. The molecule has 1 aromatic heterocycles. The molecule has 118 valence electrons. The van der Waals surface area contributed by atoms with Crippen LogP contribution in [0.3, 0.4) is 0 Å². The fourth-order valence-electron chi connectivity index (χ4n) is 2.01. The lowest BCUT2D eigenvalue weighted by molar-refractivity contribution is -0.140. The Hall–Kier alpha value is -2.05. The van der Waals surface area contributed by atoms with E-state index < -0.39 is 0 Å². The Morgan fingerprint density at radius 2 is 2.10 bits per heavy atom. The predicted molar refractivity (Wildman–Crippen MR) is 79.8 cm³/mol. The van der Waals surface area contributed by atoms with Crippen molar-refractivity contribution in [1.82, 2.24) is 15.1 Å². The van der Waals surface area contributed by atoms with Gasteiger partial charge in [-0.3, -0.25) is 14.7 Å². The first-order chi connectivity index (χ1) is 9.90. The van der Waals surface area contributed by atoms with Gasteiger partial charge < -0.3 is 15.4 Å². The standard InChI is InChI=1S/C14H24N4O3/c1-5-10-12(15)13(17-16-10)14(20)18(8-9(2)3)7-6-11(19)21-4/h9H,5-8,15H2,1-4H3,(H,16,17). The maximum Gasteiger partial charge on any atom is 0.307 e. The minimum absolute atomic E-state index is 0.153. The normalized spacial score (nSPS) is 10.7. The molecule has 0 aliphatic heterocycles. The highest BCUT2D eigenvalue weighted by atomic mass is 16.5. The number of hydrogen-bond acceptors (Lipinski definition) is 5. The van der Waals surface area contributed by atoms with Gasteiger partial charge in [0.05, 0.1) is 24.9 Å². The van der Waals surface area contributed by atoms with Crippen LogP contribution < -0.4 is 5.73 Å². The summed E-state index contributed by atoms with van der Waals surface area (Å²) >= 11 is 0. The molecule has 0 unspecified atom stereocenters. The number of rotatable bonds is 7. The summed E-state index contributed by atoms with van der Waals surface area (Å²) in [7, 11) is 1.33. The molecule has 1 aromatic rings. The molecule has 7 nitrogen and oxygen atoms in total. The van der Waals surface area contributed by atoms with Crippen LogP contribution >= 0.6 is 0 Å². The van der Waals surface area contributed by atoms with Crippen molar-refractivity contribution in [3.05, 3.63) is 11.4 Å². The van der Waals surface area contributed by atoms with Crippen molar-refractivity contribution in [3.63, 3.8) is 0 Å². The zero-order chi connectivity index (χ0) is 16.0. The Labute approximate surface area is 124 Å². The summed E-state index contributed by atoms with van der Waals surface area (Å²) in [6.07, 6.45) is 0.832. The van der Waals surface area contributed by atoms with E-state index in [0.717, 1.165) is 5.69 Å². The number of aryl methyl sites for hydroxylation is 1. The van der Waals surface area contributed by atoms with E-state index in [-0.39, 0.29) is 36.5 Å². The number of amides is 1. The van der Waals surface area contributed by atoms with Crippen molar-refractivity contribution in [2.45, 2.75) is 33.6 Å². The van der Waals surface area contributed by atoms with E-state index in [1.165, 1.54) is 7.11 Å². The maximum atomic E-state index is 12.5. The lowest BCUT2D eigenvalue weighted by Crippen LogP contribution is -2.36. The van der Waals surface area contributed by atoms with Crippen molar-refractivity contribution >= 4 is 17.6 Å². The molecule has 1 rings (SSSR count). The number of nitrogen functional groups attached to an aromatic ring is 1. The first-order valence-corrected chi connectivity index (χ1v) is 7.09. The summed E-state index contributed by atoms with van der Waals surface area (Å²) in [5, 5.41) is 6.78. The van der Waals surface area contributed by atoms with Crippen molar-refractivity contribution in [2.75, 3.05) is 25.9 Å². The van der Waals surface area contributed by atoms with Gasteiger partial charge in [-0.25, -0.2) is 0 Å². The van der Waals surface area contributed by atoms with Crippen LogP contribution in [0.25, 0.3) is 0 Å². The summed E-state index contributed by atoms with van der Waals surface area (Å²) in [4.78, 5) is 25.4. The van der Waals surface area contributed by atoms with Gasteiger partial charge in [0.15, 0.2) is 5.69 Å². The maximum absolute atomic E-state index is 12.5. The average molecular weight is 296 g/mol. The lowest BCUT2D eigenvalue weighted by Gasteiger charge is -2.23. The summed E-state index contributed by atoms with van der Waals surface area (Å²) in [6.45, 7) is 6.76. The Morgan fingerprint density at radius 1 is 1.43 bits per heavy atom. The monoisotopic (exact) mass is 296 g/mol. The molecule has 0 atom stereocenters. The SMILES string of the molecule is CCc1[nH]nc(C(=O)N(CCC(=O)OC)CC(C)C)c1N. The fraction of sp³-hybridized carbons (Fsp3) is 0.643. The van der Waals surface area contributed by atoms with Gasteiger partial charge in [0.2, 0.25) is 0 Å². The van der Waals surface area contributed by atoms with Gasteiger partial charge in [0.25, 0.3) is 5.91 Å². The van der Waals surface area contributed by atoms with Crippen LogP contribution in [0.4, 0.5) is 5.69 Å². The van der Waals surface area contributed by atoms with E-state index in [2.05, 4.69) is 14.9 Å². The molecule has 1 amide bonds. The number of anilines is 1. The van der Waals surface area contributed by atoms with Crippen LogP contribution in [0.1, 0.15) is 43.4 Å². The molecule has 1 heterocycles. The number of hydrogen-bond donors (Lipinski definition) is 2. The van der Waals surface area contributed by atoms with Gasteiger partial charge in [-0.1, -0.05) is 20.8 Å². The molecular weight excluding hydrogens is 272 g/mol. The number of H-pyrrole nitrogens is 1. The Morgan fingerprint density at radius 3 is 2.57 bits per heavy atom. The first-order valence-electron chi connectivity index (χ1n) is 7.09. The quantitative estimate of drug-likeness (QED) is 0.737. The Balaban J connectivity index is 2.88. The summed E-state index contributed by atoms with van der Waals surface area (Å²) in [5.74, 6) is -0.334. The summed E-state index contributed by atoms with van der Waals surface area (Å²) in [5.41, 5.74) is 7.28. The van der Waals surface area contributed by atoms with Crippen LogP contribution in [0.5, 0.6) is 0 Å². The number of aromatic amines is 1. The molecule has 0 fully saturated rings. The first kappa shape index (κ1) is 17.0. The molecule has 0 bridgehead atoms. The number of ether oxygens (including phenoxy) is 1. The number of aromatic nitrogens is 2. The van der Waals surface area contributed by atoms with E-state index in [0.29, 0.717) is 18.7 Å². The molecule has 0 aromatic carbocycles. The molecule has 3 N–H and O–H groups in total. The van der Waals surface area contributed by atoms with E-state index >= 15 is 0 Å². The fourth-order valence-corrected chi connectivity index (χ4v) is 2.01. The third-order valence-corrected chi connectivity index (χ3v) is 3.13. The van der Waals surface area contributed by atoms with Crippen LogP contribution in [-0.4, -0.2) is 47.2 Å². The minimum Gasteiger partial charge on any atom is -0.469 e. The average Bonchev–Trinajstić information content (AvgIpc) is 2.82. The molecular formula is C14H24N4O3. The molecule has 0 saturated heterocycles. The number of nitrogens with zero attached hydrogens (tertiary/aromatic N) is 2. The van der Waals surface area contributed by atoms with Crippen LogP contribution in [-0.2, 0) is 16.0 Å².